The Morgan fingerprint density at radius 3 is 2.24 bits per heavy atom. The number of alkyl halides is 3. The van der Waals surface area contributed by atoms with Crippen molar-refractivity contribution in [2.24, 2.45) is 0 Å². The second kappa shape index (κ2) is 6.93. The average Bonchev–Trinajstić information content (AvgIpc) is 2.53. The van der Waals surface area contributed by atoms with E-state index in [0.29, 0.717) is 0 Å². The Morgan fingerprint density at radius 2 is 1.72 bits per heavy atom. The van der Waals surface area contributed by atoms with Gasteiger partial charge in [0, 0.05) is 5.69 Å². The zero-order chi connectivity index (χ0) is 18.8. The summed E-state index contributed by atoms with van der Waals surface area (Å²) in [6.45, 7) is 0. The highest BCUT2D eigenvalue weighted by Crippen LogP contribution is 2.31. The number of hydrogen-bond donors (Lipinski definition) is 1. The lowest BCUT2D eigenvalue weighted by molar-refractivity contribution is -0.137. The summed E-state index contributed by atoms with van der Waals surface area (Å²) >= 11 is 5.86. The standard InChI is InChI=1S/C15H11ClF3NO4S/c1-24-14(21)9-2-7-12(16)13(8-9)25(22,23)20-11-5-3-10(4-6-11)15(17,18)19/h2-8,20H,1H3. The Bertz CT molecular complexity index is 896. The van der Waals surface area contributed by atoms with Gasteiger partial charge in [-0.05, 0) is 42.5 Å². The van der Waals surface area contributed by atoms with Crippen LogP contribution in [0.25, 0.3) is 0 Å². The van der Waals surface area contributed by atoms with Crippen LogP contribution in [0.5, 0.6) is 0 Å². The van der Waals surface area contributed by atoms with Gasteiger partial charge in [0.05, 0.1) is 23.3 Å². The van der Waals surface area contributed by atoms with Gasteiger partial charge < -0.3 is 4.74 Å². The molecule has 0 heterocycles. The number of methoxy groups -OCH3 is 1. The summed E-state index contributed by atoms with van der Waals surface area (Å²) in [5.41, 5.74) is -1.05. The summed E-state index contributed by atoms with van der Waals surface area (Å²) in [5.74, 6) is -0.761. The average molecular weight is 394 g/mol. The quantitative estimate of drug-likeness (QED) is 0.798. The highest BCUT2D eigenvalue weighted by atomic mass is 35.5. The third kappa shape index (κ3) is 4.43. The van der Waals surface area contributed by atoms with Crippen LogP contribution in [0, 0.1) is 0 Å². The normalized spacial score (nSPS) is 11.9. The summed E-state index contributed by atoms with van der Waals surface area (Å²) in [5, 5.41) is -0.160. The van der Waals surface area contributed by atoms with Gasteiger partial charge in [-0.2, -0.15) is 13.2 Å². The third-order valence-corrected chi connectivity index (χ3v) is 4.97. The van der Waals surface area contributed by atoms with E-state index in [1.54, 1.807) is 0 Å². The molecule has 0 amide bonds. The van der Waals surface area contributed by atoms with E-state index in [9.17, 15) is 26.4 Å². The van der Waals surface area contributed by atoms with Crippen LogP contribution in [0.1, 0.15) is 15.9 Å². The van der Waals surface area contributed by atoms with E-state index in [-0.39, 0.29) is 16.3 Å². The number of benzene rings is 2. The summed E-state index contributed by atoms with van der Waals surface area (Å²) in [6.07, 6.45) is -4.53. The summed E-state index contributed by atoms with van der Waals surface area (Å²) in [4.78, 5) is 11.1. The molecule has 0 bridgehead atoms. The number of sulfonamides is 1. The number of hydrogen-bond acceptors (Lipinski definition) is 4. The van der Waals surface area contributed by atoms with Crippen LogP contribution in [-0.2, 0) is 20.9 Å². The highest BCUT2D eigenvalue weighted by Gasteiger charge is 2.30. The topological polar surface area (TPSA) is 72.5 Å². The molecule has 0 spiro atoms. The molecule has 2 aromatic carbocycles. The Kier molecular flexibility index (Phi) is 5.28. The van der Waals surface area contributed by atoms with Crippen molar-refractivity contribution in [3.05, 3.63) is 58.6 Å². The van der Waals surface area contributed by atoms with Gasteiger partial charge in [0.25, 0.3) is 10.0 Å². The van der Waals surface area contributed by atoms with Gasteiger partial charge in [0.15, 0.2) is 0 Å². The van der Waals surface area contributed by atoms with Gasteiger partial charge >= 0.3 is 12.1 Å². The van der Waals surface area contributed by atoms with Crippen molar-refractivity contribution in [1.82, 2.24) is 0 Å². The number of anilines is 1. The van der Waals surface area contributed by atoms with Gasteiger partial charge in [-0.3, -0.25) is 4.72 Å². The van der Waals surface area contributed by atoms with Crippen molar-refractivity contribution in [2.45, 2.75) is 11.1 Å². The molecule has 0 fully saturated rings. The van der Waals surface area contributed by atoms with Crippen LogP contribution in [0.3, 0.4) is 0 Å². The van der Waals surface area contributed by atoms with E-state index in [4.69, 9.17) is 11.6 Å². The van der Waals surface area contributed by atoms with Gasteiger partial charge in [-0.25, -0.2) is 13.2 Å². The smallest absolute Gasteiger partial charge is 0.416 e. The van der Waals surface area contributed by atoms with E-state index < -0.39 is 32.6 Å². The lowest BCUT2D eigenvalue weighted by Gasteiger charge is -2.12. The first-order valence-electron chi connectivity index (χ1n) is 6.62. The Balaban J connectivity index is 2.35. The number of carbonyl (C=O) groups is 1. The third-order valence-electron chi connectivity index (χ3n) is 3.11. The van der Waals surface area contributed by atoms with Crippen molar-refractivity contribution in [3.8, 4) is 0 Å². The minimum atomic E-state index is -4.53. The zero-order valence-electron chi connectivity index (χ0n) is 12.6. The summed E-state index contributed by atoms with van der Waals surface area (Å²) < 4.78 is 69.0. The number of rotatable bonds is 4. The molecule has 0 aliphatic heterocycles. The molecule has 0 radical (unpaired) electrons. The SMILES string of the molecule is COC(=O)c1ccc(Cl)c(S(=O)(=O)Nc2ccc(C(F)(F)F)cc2)c1. The first kappa shape index (κ1) is 19.1. The predicted molar refractivity (Wildman–Crippen MR) is 85.0 cm³/mol. The lowest BCUT2D eigenvalue weighted by atomic mass is 10.2. The number of ether oxygens (including phenoxy) is 1. The first-order chi connectivity index (χ1) is 11.5. The van der Waals surface area contributed by atoms with Crippen LogP contribution in [0.4, 0.5) is 18.9 Å². The Labute approximate surface area is 146 Å². The first-order valence-corrected chi connectivity index (χ1v) is 8.48. The van der Waals surface area contributed by atoms with E-state index in [2.05, 4.69) is 9.46 Å². The maximum absolute atomic E-state index is 12.5. The zero-order valence-corrected chi connectivity index (χ0v) is 14.2. The number of esters is 1. The van der Waals surface area contributed by atoms with Crippen LogP contribution in [0.15, 0.2) is 47.4 Å². The molecule has 0 unspecified atom stereocenters. The van der Waals surface area contributed by atoms with Gasteiger partial charge in [0.2, 0.25) is 0 Å². The molecule has 2 aromatic rings. The van der Waals surface area contributed by atoms with E-state index in [1.165, 1.54) is 12.1 Å². The minimum Gasteiger partial charge on any atom is -0.465 e. The molecule has 1 N–H and O–H groups in total. The van der Waals surface area contributed by atoms with Crippen LogP contribution in [0.2, 0.25) is 5.02 Å². The number of nitrogens with one attached hydrogen (secondary N) is 1. The number of halogens is 4. The van der Waals surface area contributed by atoms with Crippen molar-refractivity contribution in [1.29, 1.82) is 0 Å². The molecule has 25 heavy (non-hydrogen) atoms. The minimum absolute atomic E-state index is 0.0419. The maximum atomic E-state index is 12.5. The predicted octanol–water partition coefficient (Wildman–Crippen LogP) is 3.95. The number of carbonyl (C=O) groups excluding carboxylic acids is 1. The summed E-state index contributed by atoms with van der Waals surface area (Å²) in [6, 6.07) is 6.92. The van der Waals surface area contributed by atoms with Crippen molar-refractivity contribution < 1.29 is 31.1 Å². The second-order valence-corrected chi connectivity index (χ2v) is 6.88. The Hall–Kier alpha value is -2.26. The highest BCUT2D eigenvalue weighted by molar-refractivity contribution is 7.92. The maximum Gasteiger partial charge on any atom is 0.416 e. The summed E-state index contributed by atoms with van der Waals surface area (Å²) in [7, 11) is -3.10. The molecule has 0 saturated heterocycles. The fourth-order valence-electron chi connectivity index (χ4n) is 1.89. The van der Waals surface area contributed by atoms with Gasteiger partial charge in [-0.1, -0.05) is 11.6 Å². The molecule has 0 aliphatic carbocycles. The van der Waals surface area contributed by atoms with E-state index in [1.807, 2.05) is 0 Å². The van der Waals surface area contributed by atoms with Crippen molar-refractivity contribution in [3.63, 3.8) is 0 Å². The largest absolute Gasteiger partial charge is 0.465 e. The molecular formula is C15H11ClF3NO4S. The fraction of sp³-hybridized carbons (Fsp3) is 0.133. The molecule has 134 valence electrons. The van der Waals surface area contributed by atoms with Crippen molar-refractivity contribution >= 4 is 33.3 Å². The molecule has 0 aromatic heterocycles. The lowest BCUT2D eigenvalue weighted by Crippen LogP contribution is -2.15. The van der Waals surface area contributed by atoms with Crippen LogP contribution >= 0.6 is 11.6 Å². The molecule has 2 rings (SSSR count). The van der Waals surface area contributed by atoms with E-state index in [0.717, 1.165) is 37.4 Å². The van der Waals surface area contributed by atoms with Gasteiger partial charge in [0.1, 0.15) is 4.90 Å². The second-order valence-electron chi connectivity index (χ2n) is 4.82. The van der Waals surface area contributed by atoms with Crippen LogP contribution in [-0.4, -0.2) is 21.5 Å². The molecule has 0 aliphatic rings. The van der Waals surface area contributed by atoms with E-state index >= 15 is 0 Å². The van der Waals surface area contributed by atoms with Crippen molar-refractivity contribution in [2.75, 3.05) is 11.8 Å². The molecule has 5 nitrogen and oxygen atoms in total. The van der Waals surface area contributed by atoms with Gasteiger partial charge in [-0.15, -0.1) is 0 Å². The molecule has 0 saturated carbocycles. The van der Waals surface area contributed by atoms with Crippen LogP contribution < -0.4 is 4.72 Å². The molecule has 0 atom stereocenters. The molecular weight excluding hydrogens is 383 g/mol. The fourth-order valence-corrected chi connectivity index (χ4v) is 3.48. The monoisotopic (exact) mass is 393 g/mol. The molecule has 10 heteroatoms. The Morgan fingerprint density at radius 1 is 1.12 bits per heavy atom.